The van der Waals surface area contributed by atoms with Crippen LogP contribution in [0.2, 0.25) is 0 Å². The van der Waals surface area contributed by atoms with Crippen LogP contribution in [-0.2, 0) is 4.74 Å². The molecule has 1 fully saturated rings. The van der Waals surface area contributed by atoms with Gasteiger partial charge < -0.3 is 9.64 Å². The maximum atomic E-state index is 12.4. The molecule has 0 radical (unpaired) electrons. The first-order chi connectivity index (χ1) is 10.4. The highest BCUT2D eigenvalue weighted by molar-refractivity contribution is 7.16. The van der Waals surface area contributed by atoms with Crippen LogP contribution in [0, 0.1) is 19.8 Å². The van der Waals surface area contributed by atoms with E-state index in [1.165, 1.54) is 11.3 Å². The Labute approximate surface area is 135 Å². The van der Waals surface area contributed by atoms with Crippen LogP contribution in [0.1, 0.15) is 47.5 Å². The van der Waals surface area contributed by atoms with Gasteiger partial charge in [-0.05, 0) is 45.1 Å². The molecule has 0 aliphatic carbocycles. The van der Waals surface area contributed by atoms with E-state index in [0.717, 1.165) is 36.4 Å². The largest absolute Gasteiger partial charge is 0.462 e. The number of aryl methyl sites for hydroxylation is 1. The highest BCUT2D eigenvalue weighted by Gasteiger charge is 2.25. The van der Waals surface area contributed by atoms with Crippen LogP contribution < -0.4 is 5.32 Å². The van der Waals surface area contributed by atoms with E-state index in [-0.39, 0.29) is 12.0 Å². The third kappa shape index (κ3) is 3.61. The summed E-state index contributed by atoms with van der Waals surface area (Å²) < 4.78 is 5.11. The number of amides is 2. The number of carbonyl (C=O) groups excluding carboxylic acids is 2. The predicted molar refractivity (Wildman–Crippen MR) is 88.7 cm³/mol. The summed E-state index contributed by atoms with van der Waals surface area (Å²) in [6.07, 6.45) is 2.19. The van der Waals surface area contributed by atoms with Crippen molar-refractivity contribution in [3.8, 4) is 0 Å². The minimum absolute atomic E-state index is 0.127. The third-order valence-electron chi connectivity index (χ3n) is 4.03. The van der Waals surface area contributed by atoms with Crippen LogP contribution in [-0.4, -0.2) is 36.6 Å². The van der Waals surface area contributed by atoms with Crippen LogP contribution >= 0.6 is 11.3 Å². The van der Waals surface area contributed by atoms with Crippen LogP contribution in [0.3, 0.4) is 0 Å². The summed E-state index contributed by atoms with van der Waals surface area (Å²) in [6.45, 7) is 9.63. The zero-order valence-electron chi connectivity index (χ0n) is 13.7. The van der Waals surface area contributed by atoms with Gasteiger partial charge in [0.25, 0.3) is 0 Å². The third-order valence-corrected chi connectivity index (χ3v) is 5.15. The normalized spacial score (nSPS) is 18.2. The van der Waals surface area contributed by atoms with Crippen molar-refractivity contribution in [2.45, 2.75) is 40.5 Å². The molecule has 1 atom stereocenters. The fourth-order valence-corrected chi connectivity index (χ4v) is 3.75. The first kappa shape index (κ1) is 16.8. The zero-order chi connectivity index (χ0) is 16.3. The molecule has 0 bridgehead atoms. The Morgan fingerprint density at radius 2 is 2.14 bits per heavy atom. The van der Waals surface area contributed by atoms with E-state index in [4.69, 9.17) is 4.74 Å². The van der Waals surface area contributed by atoms with Gasteiger partial charge in [-0.25, -0.2) is 9.59 Å². The average molecular weight is 324 g/mol. The monoisotopic (exact) mass is 324 g/mol. The van der Waals surface area contributed by atoms with E-state index in [1.54, 1.807) is 6.92 Å². The molecule has 122 valence electrons. The Bertz CT molecular complexity index is 568. The SMILES string of the molecule is CCOC(=O)c1c(NC(=O)N2CCC[C@@H](C)C2)sc(C)c1C. The van der Waals surface area contributed by atoms with Gasteiger partial charge >= 0.3 is 12.0 Å². The number of likely N-dealkylation sites (tertiary alicyclic amines) is 1. The smallest absolute Gasteiger partial charge is 0.341 e. The fourth-order valence-electron chi connectivity index (χ4n) is 2.71. The van der Waals surface area contributed by atoms with Crippen molar-refractivity contribution in [1.82, 2.24) is 4.90 Å². The van der Waals surface area contributed by atoms with Crippen LogP contribution in [0.15, 0.2) is 0 Å². The summed E-state index contributed by atoms with van der Waals surface area (Å²) in [4.78, 5) is 27.4. The van der Waals surface area contributed by atoms with Gasteiger partial charge in [-0.3, -0.25) is 5.32 Å². The van der Waals surface area contributed by atoms with Crippen molar-refractivity contribution < 1.29 is 14.3 Å². The Morgan fingerprint density at radius 3 is 2.77 bits per heavy atom. The number of thiophene rings is 1. The number of esters is 1. The number of rotatable bonds is 3. The molecule has 0 aromatic carbocycles. The highest BCUT2D eigenvalue weighted by atomic mass is 32.1. The van der Waals surface area contributed by atoms with Crippen molar-refractivity contribution in [2.75, 3.05) is 25.0 Å². The minimum atomic E-state index is -0.369. The molecule has 1 N–H and O–H groups in total. The maximum absolute atomic E-state index is 12.4. The summed E-state index contributed by atoms with van der Waals surface area (Å²) in [5.74, 6) is 0.155. The van der Waals surface area contributed by atoms with Gasteiger partial charge in [0.15, 0.2) is 0 Å². The molecule has 1 aliphatic heterocycles. The lowest BCUT2D eigenvalue weighted by Gasteiger charge is -2.30. The van der Waals surface area contributed by atoms with Crippen molar-refractivity contribution in [2.24, 2.45) is 5.92 Å². The lowest BCUT2D eigenvalue weighted by atomic mass is 10.0. The first-order valence-electron chi connectivity index (χ1n) is 7.77. The summed E-state index contributed by atoms with van der Waals surface area (Å²) in [5.41, 5.74) is 1.37. The van der Waals surface area contributed by atoms with Gasteiger partial charge in [-0.2, -0.15) is 0 Å². The number of hydrogen-bond acceptors (Lipinski definition) is 4. The van der Waals surface area contributed by atoms with Gasteiger partial charge in [0.2, 0.25) is 0 Å². The first-order valence-corrected chi connectivity index (χ1v) is 8.58. The molecule has 1 aromatic rings. The topological polar surface area (TPSA) is 58.6 Å². The Kier molecular flexibility index (Phi) is 5.45. The average Bonchev–Trinajstić information content (AvgIpc) is 2.74. The molecule has 1 saturated heterocycles. The van der Waals surface area contributed by atoms with Crippen molar-refractivity contribution in [1.29, 1.82) is 0 Å². The predicted octanol–water partition coefficient (Wildman–Crippen LogP) is 3.81. The molecule has 22 heavy (non-hydrogen) atoms. The van der Waals surface area contributed by atoms with Crippen molar-refractivity contribution in [3.05, 3.63) is 16.0 Å². The fraction of sp³-hybridized carbons (Fsp3) is 0.625. The number of urea groups is 1. The standard InChI is InChI=1S/C16H24N2O3S/c1-5-21-15(19)13-11(3)12(4)22-14(13)17-16(20)18-8-6-7-10(2)9-18/h10H,5-9H2,1-4H3,(H,17,20)/t10-/m1/s1. The molecule has 5 nitrogen and oxygen atoms in total. The van der Waals surface area contributed by atoms with Crippen molar-refractivity contribution in [3.63, 3.8) is 0 Å². The number of ether oxygens (including phenoxy) is 1. The summed E-state index contributed by atoms with van der Waals surface area (Å²) >= 11 is 1.43. The highest BCUT2D eigenvalue weighted by Crippen LogP contribution is 2.33. The van der Waals surface area contributed by atoms with Gasteiger partial charge in [-0.1, -0.05) is 6.92 Å². The van der Waals surface area contributed by atoms with E-state index in [0.29, 0.717) is 23.1 Å². The Hall–Kier alpha value is -1.56. The van der Waals surface area contributed by atoms with E-state index in [1.807, 2.05) is 18.7 Å². The van der Waals surface area contributed by atoms with Crippen LogP contribution in [0.5, 0.6) is 0 Å². The van der Waals surface area contributed by atoms with Gasteiger partial charge in [0.1, 0.15) is 5.00 Å². The van der Waals surface area contributed by atoms with E-state index < -0.39 is 0 Å². The summed E-state index contributed by atoms with van der Waals surface area (Å²) in [6, 6.07) is -0.127. The molecular weight excluding hydrogens is 300 g/mol. The molecule has 0 unspecified atom stereocenters. The number of nitrogens with zero attached hydrogens (tertiary/aromatic N) is 1. The quantitative estimate of drug-likeness (QED) is 0.860. The zero-order valence-corrected chi connectivity index (χ0v) is 14.5. The number of carbonyl (C=O) groups is 2. The van der Waals surface area contributed by atoms with Gasteiger partial charge in [-0.15, -0.1) is 11.3 Å². The van der Waals surface area contributed by atoms with E-state index in [2.05, 4.69) is 12.2 Å². The molecule has 2 rings (SSSR count). The van der Waals surface area contributed by atoms with Gasteiger partial charge in [0, 0.05) is 18.0 Å². The second-order valence-electron chi connectivity index (χ2n) is 5.83. The number of piperidine rings is 1. The second kappa shape index (κ2) is 7.13. The molecule has 2 amide bonds. The molecular formula is C16H24N2O3S. The molecule has 1 aromatic heterocycles. The Balaban J connectivity index is 2.16. The lowest BCUT2D eigenvalue weighted by molar-refractivity contribution is 0.0527. The second-order valence-corrected chi connectivity index (χ2v) is 7.06. The molecule has 0 spiro atoms. The number of hydrogen-bond donors (Lipinski definition) is 1. The van der Waals surface area contributed by atoms with Gasteiger partial charge in [0.05, 0.1) is 12.2 Å². The van der Waals surface area contributed by atoms with E-state index in [9.17, 15) is 9.59 Å². The maximum Gasteiger partial charge on any atom is 0.341 e. The molecule has 1 aliphatic rings. The molecule has 0 saturated carbocycles. The molecule has 6 heteroatoms. The number of anilines is 1. The minimum Gasteiger partial charge on any atom is -0.462 e. The summed E-state index contributed by atoms with van der Waals surface area (Å²) in [7, 11) is 0. The number of nitrogens with one attached hydrogen (secondary N) is 1. The van der Waals surface area contributed by atoms with Crippen LogP contribution in [0.4, 0.5) is 9.80 Å². The van der Waals surface area contributed by atoms with Crippen LogP contribution in [0.25, 0.3) is 0 Å². The van der Waals surface area contributed by atoms with Crippen molar-refractivity contribution >= 4 is 28.3 Å². The summed E-state index contributed by atoms with van der Waals surface area (Å²) in [5, 5.41) is 3.50. The lowest BCUT2D eigenvalue weighted by Crippen LogP contribution is -2.41. The molecule has 2 heterocycles. The Morgan fingerprint density at radius 1 is 1.41 bits per heavy atom. The van der Waals surface area contributed by atoms with E-state index >= 15 is 0 Å².